The summed E-state index contributed by atoms with van der Waals surface area (Å²) in [6, 6.07) is 8.60. The van der Waals surface area contributed by atoms with E-state index in [1.807, 2.05) is 9.80 Å². The SMILES string of the molecule is Cc1cc(C)cc(-c2[nH]c3sc(C(C)(C)C(=O)C4C5CCN4CC5)cc3c2C(=O)CN2CCN(C(=O)N3CCOCC3)CC2)c1. The first-order valence-corrected chi connectivity index (χ1v) is 17.3. The monoisotopic (exact) mass is 631 g/mol. The maximum atomic E-state index is 14.3. The second kappa shape index (κ2) is 12.0. The van der Waals surface area contributed by atoms with Crippen LogP contribution in [0.4, 0.5) is 4.79 Å². The van der Waals surface area contributed by atoms with Crippen LogP contribution in [0, 0.1) is 19.8 Å². The highest BCUT2D eigenvalue weighted by Crippen LogP contribution is 2.44. The van der Waals surface area contributed by atoms with Gasteiger partial charge < -0.3 is 19.5 Å². The van der Waals surface area contributed by atoms with Crippen molar-refractivity contribution in [3.8, 4) is 11.3 Å². The molecule has 9 nitrogen and oxygen atoms in total. The van der Waals surface area contributed by atoms with Crippen molar-refractivity contribution in [3.05, 3.63) is 45.8 Å². The van der Waals surface area contributed by atoms with Gasteiger partial charge in [0.25, 0.3) is 0 Å². The first kappa shape index (κ1) is 30.6. The molecule has 0 spiro atoms. The Hall–Kier alpha value is -3.05. The van der Waals surface area contributed by atoms with Crippen LogP contribution in [-0.4, -0.2) is 120 Å². The molecule has 4 aliphatic rings. The number of carbonyl (C=O) groups is 3. The minimum atomic E-state index is -0.635. The summed E-state index contributed by atoms with van der Waals surface area (Å²) in [4.78, 5) is 55.2. The van der Waals surface area contributed by atoms with Crippen molar-refractivity contribution in [2.75, 3.05) is 72.1 Å². The molecule has 4 fully saturated rings. The molecule has 1 aromatic carbocycles. The number of piperidine rings is 1. The number of aromatic amines is 1. The number of fused-ring (bicyclic) bond motifs is 3. The highest BCUT2D eigenvalue weighted by molar-refractivity contribution is 7.19. The first-order chi connectivity index (χ1) is 21.6. The average molecular weight is 632 g/mol. The number of thiophene rings is 1. The molecule has 2 bridgehead atoms. The molecule has 1 atom stereocenters. The number of benzene rings is 1. The van der Waals surface area contributed by atoms with Crippen LogP contribution in [0.15, 0.2) is 24.3 Å². The number of aryl methyl sites for hydroxylation is 2. The number of Topliss-reactive ketones (excluding diaryl/α,β-unsaturated/α-hetero) is 2. The fourth-order valence-electron chi connectivity index (χ4n) is 7.93. The van der Waals surface area contributed by atoms with Gasteiger partial charge in [0, 0.05) is 49.5 Å². The summed E-state index contributed by atoms with van der Waals surface area (Å²) in [5.74, 6) is 0.842. The summed E-state index contributed by atoms with van der Waals surface area (Å²) in [5.41, 5.74) is 4.23. The van der Waals surface area contributed by atoms with E-state index in [1.165, 1.54) is 0 Å². The predicted molar refractivity (Wildman–Crippen MR) is 177 cm³/mol. The van der Waals surface area contributed by atoms with E-state index in [0.29, 0.717) is 69.7 Å². The minimum absolute atomic E-state index is 0.0150. The van der Waals surface area contributed by atoms with Crippen molar-refractivity contribution in [1.29, 1.82) is 0 Å². The smallest absolute Gasteiger partial charge is 0.320 e. The van der Waals surface area contributed by atoms with Gasteiger partial charge in [0.15, 0.2) is 11.6 Å². The lowest BCUT2D eigenvalue weighted by atomic mass is 9.79. The third kappa shape index (κ3) is 5.64. The molecule has 240 valence electrons. The largest absolute Gasteiger partial charge is 0.378 e. The maximum Gasteiger partial charge on any atom is 0.320 e. The Balaban J connectivity index is 1.15. The molecule has 1 unspecified atom stereocenters. The zero-order valence-electron chi connectivity index (χ0n) is 27.0. The van der Waals surface area contributed by atoms with Crippen molar-refractivity contribution in [2.45, 2.75) is 52.0 Å². The second-order valence-electron chi connectivity index (χ2n) is 14.0. The van der Waals surface area contributed by atoms with Gasteiger partial charge in [-0.25, -0.2) is 4.79 Å². The number of nitrogens with zero attached hydrogens (tertiary/aromatic N) is 4. The lowest BCUT2D eigenvalue weighted by Gasteiger charge is -2.38. The Kier molecular flexibility index (Phi) is 8.13. The molecule has 45 heavy (non-hydrogen) atoms. The number of amides is 2. The van der Waals surface area contributed by atoms with Crippen LogP contribution in [-0.2, 0) is 14.9 Å². The molecule has 7 rings (SSSR count). The van der Waals surface area contributed by atoms with Crippen LogP contribution in [0.5, 0.6) is 0 Å². The highest BCUT2D eigenvalue weighted by atomic mass is 32.1. The Bertz CT molecular complexity index is 1590. The number of ether oxygens (including phenoxy) is 1. The van der Waals surface area contributed by atoms with E-state index in [0.717, 1.165) is 63.4 Å². The van der Waals surface area contributed by atoms with Gasteiger partial charge in [-0.15, -0.1) is 11.3 Å². The second-order valence-corrected chi connectivity index (χ2v) is 15.0. The lowest BCUT2D eigenvalue weighted by Crippen LogP contribution is -2.55. The molecule has 6 heterocycles. The van der Waals surface area contributed by atoms with Gasteiger partial charge in [-0.2, -0.15) is 0 Å². The summed E-state index contributed by atoms with van der Waals surface area (Å²) < 4.78 is 5.41. The Morgan fingerprint density at radius 3 is 2.16 bits per heavy atom. The number of nitrogens with one attached hydrogen (secondary N) is 1. The number of urea groups is 1. The van der Waals surface area contributed by atoms with Crippen LogP contribution >= 0.6 is 11.3 Å². The molecule has 4 saturated heterocycles. The van der Waals surface area contributed by atoms with E-state index >= 15 is 0 Å². The molecule has 0 radical (unpaired) electrons. The van der Waals surface area contributed by atoms with Gasteiger partial charge in [0.05, 0.1) is 42.5 Å². The predicted octanol–water partition coefficient (Wildman–Crippen LogP) is 4.71. The van der Waals surface area contributed by atoms with E-state index in [-0.39, 0.29) is 24.4 Å². The van der Waals surface area contributed by atoms with Crippen molar-refractivity contribution < 1.29 is 19.1 Å². The normalized spacial score (nSPS) is 24.1. The number of rotatable bonds is 7. The van der Waals surface area contributed by atoms with E-state index in [9.17, 15) is 14.4 Å². The number of morpholine rings is 1. The molecule has 2 amide bonds. The molecular formula is C35H45N5O4S. The maximum absolute atomic E-state index is 14.3. The van der Waals surface area contributed by atoms with Crippen molar-refractivity contribution in [1.82, 2.24) is 24.6 Å². The number of H-pyrrole nitrogens is 1. The summed E-state index contributed by atoms with van der Waals surface area (Å²) in [6.07, 6.45) is 2.23. The average Bonchev–Trinajstić information content (AvgIpc) is 3.81. The summed E-state index contributed by atoms with van der Waals surface area (Å²) >= 11 is 1.61. The van der Waals surface area contributed by atoms with Gasteiger partial charge in [-0.3, -0.25) is 19.4 Å². The molecule has 1 N–H and O–H groups in total. The topological polar surface area (TPSA) is 89.2 Å². The molecule has 3 aromatic rings. The van der Waals surface area contributed by atoms with Crippen molar-refractivity contribution in [3.63, 3.8) is 0 Å². The number of hydrogen-bond donors (Lipinski definition) is 1. The van der Waals surface area contributed by atoms with Crippen molar-refractivity contribution in [2.24, 2.45) is 5.92 Å². The molecule has 0 aliphatic carbocycles. The fraction of sp³-hybridized carbons (Fsp3) is 0.571. The third-order valence-electron chi connectivity index (χ3n) is 10.5. The van der Waals surface area contributed by atoms with Gasteiger partial charge in [0.2, 0.25) is 0 Å². The summed E-state index contributed by atoms with van der Waals surface area (Å²) in [5, 5.41) is 0.908. The third-order valence-corrected chi connectivity index (χ3v) is 11.9. The van der Waals surface area contributed by atoms with Crippen LogP contribution in [0.3, 0.4) is 0 Å². The molecule has 10 heteroatoms. The fourth-order valence-corrected chi connectivity index (χ4v) is 9.11. The number of ketones is 2. The van der Waals surface area contributed by atoms with Crippen LogP contribution in [0.1, 0.15) is 53.1 Å². The highest BCUT2D eigenvalue weighted by Gasteiger charge is 2.49. The zero-order chi connectivity index (χ0) is 31.5. The lowest BCUT2D eigenvalue weighted by molar-refractivity contribution is -0.127. The van der Waals surface area contributed by atoms with Crippen LogP contribution < -0.4 is 0 Å². The van der Waals surface area contributed by atoms with E-state index < -0.39 is 5.41 Å². The number of piperazine rings is 1. The number of aromatic nitrogens is 1. The molecule has 0 saturated carbocycles. The van der Waals surface area contributed by atoms with Crippen LogP contribution in [0.25, 0.3) is 21.5 Å². The molecule has 2 aromatic heterocycles. The molecule has 4 aliphatic heterocycles. The zero-order valence-corrected chi connectivity index (χ0v) is 27.8. The van der Waals surface area contributed by atoms with Gasteiger partial charge in [0.1, 0.15) is 4.83 Å². The number of carbonyl (C=O) groups excluding carboxylic acids is 3. The minimum Gasteiger partial charge on any atom is -0.378 e. The molecular weight excluding hydrogens is 586 g/mol. The Morgan fingerprint density at radius 1 is 0.889 bits per heavy atom. The summed E-state index contributed by atoms with van der Waals surface area (Å²) in [7, 11) is 0. The van der Waals surface area contributed by atoms with Gasteiger partial charge in [-0.1, -0.05) is 17.2 Å². The standard InChI is InChI=1S/C35H45N5O4S/c1-22-17-23(2)19-25(18-22)30-29(27(41)21-37-9-11-39(12-10-37)34(43)40-13-15-44-16-14-40)26-20-28(45-33(26)36-30)35(3,4)32(42)31-24-5-7-38(31)8-6-24/h17-20,24,31,36H,5-16,21H2,1-4H3. The summed E-state index contributed by atoms with van der Waals surface area (Å²) in [6.45, 7) is 15.6. The van der Waals surface area contributed by atoms with Crippen LogP contribution in [0.2, 0.25) is 0 Å². The Morgan fingerprint density at radius 2 is 1.53 bits per heavy atom. The number of hydrogen-bond acceptors (Lipinski definition) is 7. The van der Waals surface area contributed by atoms with E-state index in [1.54, 1.807) is 11.3 Å². The quantitative estimate of drug-likeness (QED) is 0.380. The van der Waals surface area contributed by atoms with Gasteiger partial charge >= 0.3 is 6.03 Å². The first-order valence-electron chi connectivity index (χ1n) is 16.5. The van der Waals surface area contributed by atoms with E-state index in [4.69, 9.17) is 4.74 Å². The van der Waals surface area contributed by atoms with Crippen molar-refractivity contribution >= 4 is 39.2 Å². The van der Waals surface area contributed by atoms with E-state index in [2.05, 4.69) is 66.7 Å². The Labute approximate surface area is 269 Å². The van der Waals surface area contributed by atoms with Gasteiger partial charge in [-0.05, 0) is 83.3 Å².